The fourth-order valence-electron chi connectivity index (χ4n) is 2.73. The van der Waals surface area contributed by atoms with Gasteiger partial charge in [0.1, 0.15) is 6.54 Å². The average molecular weight is 332 g/mol. The van der Waals surface area contributed by atoms with Crippen molar-refractivity contribution in [2.75, 3.05) is 6.54 Å². The summed E-state index contributed by atoms with van der Waals surface area (Å²) >= 11 is 5.99. The van der Waals surface area contributed by atoms with Crippen molar-refractivity contribution in [3.63, 3.8) is 0 Å². The Hall–Kier alpha value is -1.11. The fourth-order valence-corrected chi connectivity index (χ4v) is 4.84. The van der Waals surface area contributed by atoms with E-state index < -0.39 is 22.5 Å². The maximum Gasteiger partial charge on any atom is 0.318 e. The van der Waals surface area contributed by atoms with E-state index >= 15 is 0 Å². The number of rotatable bonds is 5. The van der Waals surface area contributed by atoms with Crippen LogP contribution in [0.2, 0.25) is 5.02 Å². The third kappa shape index (κ3) is 3.39. The van der Waals surface area contributed by atoms with Crippen LogP contribution in [0.5, 0.6) is 0 Å². The molecule has 1 aromatic carbocycles. The van der Waals surface area contributed by atoms with Gasteiger partial charge >= 0.3 is 5.97 Å². The molecule has 2 rings (SSSR count). The highest BCUT2D eigenvalue weighted by Crippen LogP contribution is 2.31. The van der Waals surface area contributed by atoms with Crippen molar-refractivity contribution >= 4 is 27.6 Å². The van der Waals surface area contributed by atoms with E-state index in [2.05, 4.69) is 0 Å². The number of hydrogen-bond donors (Lipinski definition) is 1. The van der Waals surface area contributed by atoms with Gasteiger partial charge in [-0.3, -0.25) is 4.79 Å². The SMILES string of the molecule is Cc1c(Cl)cccc1S(=O)(=O)N(CC(=O)O)C1CCCC1. The Morgan fingerprint density at radius 3 is 2.57 bits per heavy atom. The summed E-state index contributed by atoms with van der Waals surface area (Å²) < 4.78 is 26.8. The minimum atomic E-state index is -3.86. The molecule has 0 spiro atoms. The van der Waals surface area contributed by atoms with Crippen LogP contribution in [0.1, 0.15) is 31.2 Å². The summed E-state index contributed by atoms with van der Waals surface area (Å²) in [5.74, 6) is -1.15. The average Bonchev–Trinajstić information content (AvgIpc) is 2.92. The fraction of sp³-hybridized carbons (Fsp3) is 0.500. The number of aliphatic carboxylic acids is 1. The van der Waals surface area contributed by atoms with Crippen molar-refractivity contribution in [2.45, 2.75) is 43.5 Å². The summed E-state index contributed by atoms with van der Waals surface area (Å²) in [7, 11) is -3.86. The highest BCUT2D eigenvalue weighted by molar-refractivity contribution is 7.89. The first-order valence-corrected chi connectivity index (χ1v) is 8.64. The van der Waals surface area contributed by atoms with E-state index in [-0.39, 0.29) is 10.9 Å². The van der Waals surface area contributed by atoms with E-state index in [9.17, 15) is 13.2 Å². The molecule has 1 N–H and O–H groups in total. The molecule has 1 fully saturated rings. The van der Waals surface area contributed by atoms with Gasteiger partial charge in [0.2, 0.25) is 10.0 Å². The van der Waals surface area contributed by atoms with Gasteiger partial charge in [-0.05, 0) is 37.5 Å². The zero-order valence-electron chi connectivity index (χ0n) is 11.8. The van der Waals surface area contributed by atoms with Crippen molar-refractivity contribution in [2.24, 2.45) is 0 Å². The Bertz CT molecular complexity index is 638. The van der Waals surface area contributed by atoms with Gasteiger partial charge in [-0.2, -0.15) is 4.31 Å². The monoisotopic (exact) mass is 331 g/mol. The zero-order valence-corrected chi connectivity index (χ0v) is 13.3. The Balaban J connectivity index is 2.45. The molecule has 0 radical (unpaired) electrons. The van der Waals surface area contributed by atoms with Gasteiger partial charge in [-0.1, -0.05) is 30.5 Å². The maximum absolute atomic E-state index is 12.8. The molecule has 0 unspecified atom stereocenters. The van der Waals surface area contributed by atoms with Crippen molar-refractivity contribution in [3.8, 4) is 0 Å². The summed E-state index contributed by atoms with van der Waals surface area (Å²) in [5.41, 5.74) is 0.451. The summed E-state index contributed by atoms with van der Waals surface area (Å²) in [6.45, 7) is 1.11. The van der Waals surface area contributed by atoms with Gasteiger partial charge < -0.3 is 5.11 Å². The second-order valence-electron chi connectivity index (χ2n) is 5.25. The second-order valence-corrected chi connectivity index (χ2v) is 7.51. The van der Waals surface area contributed by atoms with Crippen LogP contribution in [0.25, 0.3) is 0 Å². The molecule has 5 nitrogen and oxygen atoms in total. The molecule has 1 saturated carbocycles. The first kappa shape index (κ1) is 16.3. The van der Waals surface area contributed by atoms with Crippen LogP contribution in [-0.4, -0.2) is 36.4 Å². The van der Waals surface area contributed by atoms with E-state index in [4.69, 9.17) is 16.7 Å². The number of sulfonamides is 1. The normalized spacial score (nSPS) is 16.5. The van der Waals surface area contributed by atoms with Crippen LogP contribution in [0.15, 0.2) is 23.1 Å². The number of halogens is 1. The lowest BCUT2D eigenvalue weighted by Crippen LogP contribution is -2.42. The standard InChI is InChI=1S/C14H18ClNO4S/c1-10-12(15)7-4-8-13(10)21(19,20)16(9-14(17)18)11-5-2-3-6-11/h4,7-8,11H,2-3,5-6,9H2,1H3,(H,17,18). The Morgan fingerprint density at radius 2 is 2.00 bits per heavy atom. The first-order chi connectivity index (χ1) is 9.84. The molecule has 1 aliphatic carbocycles. The number of carboxylic acids is 1. The van der Waals surface area contributed by atoms with Gasteiger partial charge in [0.15, 0.2) is 0 Å². The quantitative estimate of drug-likeness (QED) is 0.900. The van der Waals surface area contributed by atoms with Crippen molar-refractivity contribution in [1.82, 2.24) is 4.31 Å². The van der Waals surface area contributed by atoms with E-state index in [1.807, 2.05) is 0 Å². The summed E-state index contributed by atoms with van der Waals surface area (Å²) in [5, 5.41) is 9.41. The summed E-state index contributed by atoms with van der Waals surface area (Å²) in [4.78, 5) is 11.2. The molecule has 0 heterocycles. The first-order valence-electron chi connectivity index (χ1n) is 6.83. The van der Waals surface area contributed by atoms with Crippen LogP contribution >= 0.6 is 11.6 Å². The smallest absolute Gasteiger partial charge is 0.318 e. The molecule has 0 saturated heterocycles. The molecule has 0 atom stereocenters. The maximum atomic E-state index is 12.8. The van der Waals surface area contributed by atoms with E-state index in [0.29, 0.717) is 23.4 Å². The minimum Gasteiger partial charge on any atom is -0.480 e. The summed E-state index contributed by atoms with van der Waals surface area (Å²) in [6.07, 6.45) is 3.24. The van der Waals surface area contributed by atoms with Crippen LogP contribution in [0, 0.1) is 6.92 Å². The lowest BCUT2D eigenvalue weighted by atomic mass is 10.2. The number of nitrogens with zero attached hydrogens (tertiary/aromatic N) is 1. The molecule has 1 aromatic rings. The largest absolute Gasteiger partial charge is 0.480 e. The molecule has 0 amide bonds. The molecular formula is C14H18ClNO4S. The highest BCUT2D eigenvalue weighted by atomic mass is 35.5. The third-order valence-corrected chi connectivity index (χ3v) is 6.28. The zero-order chi connectivity index (χ0) is 15.6. The molecule has 0 aliphatic heterocycles. The van der Waals surface area contributed by atoms with Crippen molar-refractivity contribution in [3.05, 3.63) is 28.8 Å². The molecule has 21 heavy (non-hydrogen) atoms. The van der Waals surface area contributed by atoms with Crippen LogP contribution < -0.4 is 0 Å². The molecule has 116 valence electrons. The third-order valence-electron chi connectivity index (χ3n) is 3.83. The lowest BCUT2D eigenvalue weighted by molar-refractivity contribution is -0.137. The van der Waals surface area contributed by atoms with Gasteiger partial charge in [0.05, 0.1) is 4.90 Å². The number of benzene rings is 1. The lowest BCUT2D eigenvalue weighted by Gasteiger charge is -2.27. The van der Waals surface area contributed by atoms with Crippen LogP contribution in [0.4, 0.5) is 0 Å². The van der Waals surface area contributed by atoms with E-state index in [1.165, 1.54) is 6.07 Å². The highest BCUT2D eigenvalue weighted by Gasteiger charge is 2.35. The van der Waals surface area contributed by atoms with E-state index in [0.717, 1.165) is 17.1 Å². The van der Waals surface area contributed by atoms with Gasteiger partial charge in [-0.25, -0.2) is 8.42 Å². The molecule has 1 aliphatic rings. The molecule has 7 heteroatoms. The molecule has 0 bridgehead atoms. The number of carbonyl (C=O) groups is 1. The van der Waals surface area contributed by atoms with Gasteiger partial charge in [0, 0.05) is 11.1 Å². The predicted molar refractivity (Wildman–Crippen MR) is 80.0 cm³/mol. The predicted octanol–water partition coefficient (Wildman–Crippen LogP) is 2.67. The number of hydrogen-bond acceptors (Lipinski definition) is 3. The van der Waals surface area contributed by atoms with E-state index in [1.54, 1.807) is 19.1 Å². The van der Waals surface area contributed by atoms with Crippen LogP contribution in [0.3, 0.4) is 0 Å². The van der Waals surface area contributed by atoms with Crippen LogP contribution in [-0.2, 0) is 14.8 Å². The Kier molecular flexibility index (Phi) is 4.91. The minimum absolute atomic E-state index is 0.0862. The Labute approximate surface area is 129 Å². The van der Waals surface area contributed by atoms with Crippen molar-refractivity contribution in [1.29, 1.82) is 0 Å². The number of carboxylic acid groups (broad SMARTS) is 1. The molecule has 0 aromatic heterocycles. The summed E-state index contributed by atoms with van der Waals surface area (Å²) in [6, 6.07) is 4.41. The second kappa shape index (κ2) is 6.34. The van der Waals surface area contributed by atoms with Gasteiger partial charge in [0.25, 0.3) is 0 Å². The topological polar surface area (TPSA) is 74.7 Å². The Morgan fingerprint density at radius 1 is 1.38 bits per heavy atom. The van der Waals surface area contributed by atoms with Gasteiger partial charge in [-0.15, -0.1) is 0 Å². The molecular weight excluding hydrogens is 314 g/mol. The van der Waals surface area contributed by atoms with Crippen molar-refractivity contribution < 1.29 is 18.3 Å².